The Kier molecular flexibility index (Phi) is 5.54. The molecular weight excluding hydrogens is 415 g/mol. The molecule has 0 bridgehead atoms. The first kappa shape index (κ1) is 21.2. The SMILES string of the molecule is COc1c(N2CCC(N3CCNCC3)CC2)c(F)cc2c(=O)c(C(=O)O)cn(C3CC3)c12. The monoisotopic (exact) mass is 444 g/mol. The standard InChI is InChI=1S/C23H29FN4O4/c1-32-22-19-16(21(29)17(23(30)31)13-28(19)15-2-3-15)12-18(24)20(22)27-8-4-14(5-9-27)26-10-6-25-7-11-26/h12-15,25H,2-11H2,1H3,(H,30,31). The number of rotatable bonds is 5. The number of carboxylic acid groups (broad SMARTS) is 1. The molecule has 5 rings (SSSR count). The van der Waals surface area contributed by atoms with E-state index in [9.17, 15) is 14.7 Å². The third kappa shape index (κ3) is 3.63. The lowest BCUT2D eigenvalue weighted by atomic mass is 10.0. The van der Waals surface area contributed by atoms with E-state index in [1.165, 1.54) is 19.4 Å². The summed E-state index contributed by atoms with van der Waals surface area (Å²) in [6, 6.07) is 1.79. The molecule has 1 aliphatic carbocycles. The Hall–Kier alpha value is -2.65. The molecule has 1 saturated carbocycles. The van der Waals surface area contributed by atoms with Gasteiger partial charge >= 0.3 is 5.97 Å². The molecule has 2 saturated heterocycles. The maximum Gasteiger partial charge on any atom is 0.341 e. The number of methoxy groups -OCH3 is 1. The second kappa shape index (κ2) is 8.37. The van der Waals surface area contributed by atoms with Gasteiger partial charge in [0.1, 0.15) is 11.3 Å². The van der Waals surface area contributed by atoms with Gasteiger partial charge in [-0.2, -0.15) is 0 Å². The Morgan fingerprint density at radius 1 is 1.12 bits per heavy atom. The molecule has 0 spiro atoms. The van der Waals surface area contributed by atoms with Gasteiger partial charge < -0.3 is 24.6 Å². The molecule has 2 aromatic rings. The summed E-state index contributed by atoms with van der Waals surface area (Å²) in [7, 11) is 1.48. The van der Waals surface area contributed by atoms with Crippen LogP contribution < -0.4 is 20.4 Å². The molecule has 8 nitrogen and oxygen atoms in total. The number of halogens is 1. The van der Waals surface area contributed by atoms with Gasteiger partial charge in [0.05, 0.1) is 18.0 Å². The minimum Gasteiger partial charge on any atom is -0.492 e. The molecular formula is C23H29FN4O4. The maximum absolute atomic E-state index is 15.4. The Morgan fingerprint density at radius 2 is 1.81 bits per heavy atom. The number of anilines is 1. The molecule has 0 atom stereocenters. The van der Waals surface area contributed by atoms with Gasteiger partial charge in [-0.05, 0) is 31.7 Å². The van der Waals surface area contributed by atoms with Crippen LogP contribution in [0.5, 0.6) is 5.75 Å². The fourth-order valence-corrected chi connectivity index (χ4v) is 5.23. The molecule has 1 aromatic carbocycles. The average molecular weight is 445 g/mol. The van der Waals surface area contributed by atoms with Crippen LogP contribution >= 0.6 is 0 Å². The second-order valence-electron chi connectivity index (χ2n) is 8.96. The highest BCUT2D eigenvalue weighted by molar-refractivity contribution is 5.97. The quantitative estimate of drug-likeness (QED) is 0.730. The zero-order chi connectivity index (χ0) is 22.4. The minimum atomic E-state index is -1.30. The minimum absolute atomic E-state index is 0.0607. The number of piperazine rings is 1. The van der Waals surface area contributed by atoms with E-state index in [0.29, 0.717) is 36.1 Å². The summed E-state index contributed by atoms with van der Waals surface area (Å²) in [6.45, 7) is 5.49. The summed E-state index contributed by atoms with van der Waals surface area (Å²) in [5.41, 5.74) is -0.151. The summed E-state index contributed by atoms with van der Waals surface area (Å²) >= 11 is 0. The predicted molar refractivity (Wildman–Crippen MR) is 120 cm³/mol. The van der Waals surface area contributed by atoms with Crippen LogP contribution in [0.15, 0.2) is 17.1 Å². The van der Waals surface area contributed by atoms with Crippen LogP contribution in [0.2, 0.25) is 0 Å². The lowest BCUT2D eigenvalue weighted by molar-refractivity contribution is 0.0695. The summed E-state index contributed by atoms with van der Waals surface area (Å²) in [6.07, 6.45) is 5.06. The van der Waals surface area contributed by atoms with Gasteiger partial charge in [-0.15, -0.1) is 0 Å². The normalized spacial score (nSPS) is 20.6. The van der Waals surface area contributed by atoms with Gasteiger partial charge in [-0.25, -0.2) is 9.18 Å². The largest absolute Gasteiger partial charge is 0.492 e. The van der Waals surface area contributed by atoms with Crippen LogP contribution in [0.4, 0.5) is 10.1 Å². The fraction of sp³-hybridized carbons (Fsp3) is 0.565. The van der Waals surface area contributed by atoms with Crippen LogP contribution in [-0.4, -0.2) is 73.0 Å². The van der Waals surface area contributed by atoms with Gasteiger partial charge in [0.25, 0.3) is 0 Å². The van der Waals surface area contributed by atoms with Crippen molar-refractivity contribution in [2.45, 2.75) is 37.8 Å². The first-order valence-electron chi connectivity index (χ1n) is 11.4. The van der Waals surface area contributed by atoms with Crippen molar-refractivity contribution in [2.75, 3.05) is 51.3 Å². The van der Waals surface area contributed by atoms with E-state index in [4.69, 9.17) is 4.74 Å². The average Bonchev–Trinajstić information content (AvgIpc) is 3.65. The molecule has 3 aliphatic rings. The summed E-state index contributed by atoms with van der Waals surface area (Å²) < 4.78 is 22.9. The molecule has 9 heteroatoms. The number of pyridine rings is 1. The van der Waals surface area contributed by atoms with Crippen molar-refractivity contribution in [3.63, 3.8) is 0 Å². The summed E-state index contributed by atoms with van der Waals surface area (Å²) in [5.74, 6) is -1.52. The Balaban J connectivity index is 1.55. The van der Waals surface area contributed by atoms with Gasteiger partial charge in [0.2, 0.25) is 5.43 Å². The van der Waals surface area contributed by atoms with E-state index >= 15 is 4.39 Å². The number of hydrogen-bond donors (Lipinski definition) is 2. The van der Waals surface area contributed by atoms with Crippen LogP contribution in [0.3, 0.4) is 0 Å². The molecule has 0 amide bonds. The number of aromatic carboxylic acids is 1. The van der Waals surface area contributed by atoms with E-state index in [1.807, 2.05) is 4.90 Å². The molecule has 2 N–H and O–H groups in total. The number of nitrogens with one attached hydrogen (secondary N) is 1. The number of nitrogens with zero attached hydrogens (tertiary/aromatic N) is 3. The van der Waals surface area contributed by atoms with Gasteiger partial charge in [0, 0.05) is 57.5 Å². The van der Waals surface area contributed by atoms with Crippen molar-refractivity contribution in [3.05, 3.63) is 33.9 Å². The highest BCUT2D eigenvalue weighted by atomic mass is 19.1. The van der Waals surface area contributed by atoms with E-state index in [0.717, 1.165) is 51.9 Å². The van der Waals surface area contributed by atoms with Gasteiger partial charge in [0.15, 0.2) is 11.6 Å². The van der Waals surface area contributed by atoms with Crippen molar-refractivity contribution < 1.29 is 19.0 Å². The van der Waals surface area contributed by atoms with Crippen molar-refractivity contribution in [2.24, 2.45) is 0 Å². The lowest BCUT2D eigenvalue weighted by Crippen LogP contribution is -2.52. The molecule has 3 heterocycles. The number of fused-ring (bicyclic) bond motifs is 1. The van der Waals surface area contributed by atoms with E-state index in [2.05, 4.69) is 10.2 Å². The Morgan fingerprint density at radius 3 is 2.41 bits per heavy atom. The number of benzene rings is 1. The van der Waals surface area contributed by atoms with Gasteiger partial charge in [-0.3, -0.25) is 9.69 Å². The highest BCUT2D eigenvalue weighted by Crippen LogP contribution is 2.44. The van der Waals surface area contributed by atoms with Crippen molar-refractivity contribution in [1.29, 1.82) is 0 Å². The fourth-order valence-electron chi connectivity index (χ4n) is 5.23. The lowest BCUT2D eigenvalue weighted by Gasteiger charge is -2.41. The number of ether oxygens (including phenoxy) is 1. The Labute approximate surface area is 185 Å². The third-order valence-corrected chi connectivity index (χ3v) is 7.02. The molecule has 32 heavy (non-hydrogen) atoms. The number of aromatic nitrogens is 1. The molecule has 2 aliphatic heterocycles. The zero-order valence-electron chi connectivity index (χ0n) is 18.3. The van der Waals surface area contributed by atoms with Crippen LogP contribution in [0, 0.1) is 5.82 Å². The van der Waals surface area contributed by atoms with E-state index in [-0.39, 0.29) is 17.0 Å². The first-order valence-corrected chi connectivity index (χ1v) is 11.4. The molecule has 172 valence electrons. The zero-order valence-corrected chi connectivity index (χ0v) is 18.3. The number of carbonyl (C=O) groups is 1. The third-order valence-electron chi connectivity index (χ3n) is 7.02. The number of hydrogen-bond acceptors (Lipinski definition) is 6. The molecule has 0 unspecified atom stereocenters. The molecule has 1 aromatic heterocycles. The smallest absolute Gasteiger partial charge is 0.341 e. The first-order chi connectivity index (χ1) is 15.5. The molecule has 3 fully saturated rings. The topological polar surface area (TPSA) is 87.0 Å². The number of carboxylic acids is 1. The van der Waals surface area contributed by atoms with Crippen molar-refractivity contribution in [3.8, 4) is 5.75 Å². The summed E-state index contributed by atoms with van der Waals surface area (Å²) in [4.78, 5) is 29.0. The molecule has 0 radical (unpaired) electrons. The Bertz CT molecular complexity index is 1100. The van der Waals surface area contributed by atoms with Crippen LogP contribution in [0.25, 0.3) is 10.9 Å². The highest BCUT2D eigenvalue weighted by Gasteiger charge is 2.33. The number of piperidine rings is 1. The second-order valence-corrected chi connectivity index (χ2v) is 8.96. The maximum atomic E-state index is 15.4. The van der Waals surface area contributed by atoms with E-state index in [1.54, 1.807) is 4.57 Å². The van der Waals surface area contributed by atoms with Crippen LogP contribution in [0.1, 0.15) is 42.1 Å². The predicted octanol–water partition coefficient (Wildman–Crippen LogP) is 2.06. The van der Waals surface area contributed by atoms with Crippen molar-refractivity contribution in [1.82, 2.24) is 14.8 Å². The van der Waals surface area contributed by atoms with Crippen molar-refractivity contribution >= 4 is 22.6 Å². The summed E-state index contributed by atoms with van der Waals surface area (Å²) in [5, 5.41) is 12.9. The van der Waals surface area contributed by atoms with Crippen LogP contribution in [-0.2, 0) is 0 Å². The van der Waals surface area contributed by atoms with Gasteiger partial charge in [-0.1, -0.05) is 0 Å². The van der Waals surface area contributed by atoms with E-state index < -0.39 is 17.2 Å².